The van der Waals surface area contributed by atoms with E-state index < -0.39 is 16.1 Å². The van der Waals surface area contributed by atoms with E-state index in [1.54, 1.807) is 6.07 Å². The minimum absolute atomic E-state index is 0.00656. The van der Waals surface area contributed by atoms with Gasteiger partial charge in [0.1, 0.15) is 12.3 Å². The van der Waals surface area contributed by atoms with Crippen molar-refractivity contribution in [3.05, 3.63) is 41.0 Å². The number of hydrogen-bond acceptors (Lipinski definition) is 8. The van der Waals surface area contributed by atoms with Crippen molar-refractivity contribution in [2.24, 2.45) is 5.16 Å². The van der Waals surface area contributed by atoms with Crippen molar-refractivity contribution in [3.63, 3.8) is 0 Å². The standard InChI is InChI=1S/C14H13Cl2N5O5S/c1-25-11-7-10(15)17-13(18-11)19-14(22)21-27(23,24)9-6-4-3-5-8(9)12(16)20-26-2/h3-7H,1-2H3,(H2,17,18,19,21,22)/b20-12+. The summed E-state index contributed by atoms with van der Waals surface area (Å²) in [6.07, 6.45) is 0. The molecule has 2 rings (SSSR count). The van der Waals surface area contributed by atoms with Crippen molar-refractivity contribution in [2.45, 2.75) is 4.90 Å². The molecule has 27 heavy (non-hydrogen) atoms. The predicted octanol–water partition coefficient (Wildman–Crippen LogP) is 2.20. The summed E-state index contributed by atoms with van der Waals surface area (Å²) in [5, 5.41) is 5.43. The van der Waals surface area contributed by atoms with Gasteiger partial charge in [-0.25, -0.2) is 22.9 Å². The van der Waals surface area contributed by atoms with Gasteiger partial charge in [0.2, 0.25) is 11.8 Å². The van der Waals surface area contributed by atoms with Crippen LogP contribution in [0.1, 0.15) is 5.56 Å². The highest BCUT2D eigenvalue weighted by molar-refractivity contribution is 7.90. The van der Waals surface area contributed by atoms with Gasteiger partial charge in [0.25, 0.3) is 10.0 Å². The number of amides is 2. The van der Waals surface area contributed by atoms with E-state index in [1.165, 1.54) is 38.5 Å². The molecule has 0 aliphatic rings. The van der Waals surface area contributed by atoms with Gasteiger partial charge in [-0.2, -0.15) is 4.98 Å². The summed E-state index contributed by atoms with van der Waals surface area (Å²) in [6, 6.07) is 5.86. The van der Waals surface area contributed by atoms with Crippen LogP contribution in [0, 0.1) is 0 Å². The van der Waals surface area contributed by atoms with E-state index in [9.17, 15) is 13.2 Å². The zero-order valence-electron chi connectivity index (χ0n) is 13.9. The van der Waals surface area contributed by atoms with E-state index in [2.05, 4.69) is 25.3 Å². The molecule has 0 spiro atoms. The molecule has 1 aromatic carbocycles. The Kier molecular flexibility index (Phi) is 6.77. The molecule has 0 bridgehead atoms. The van der Waals surface area contributed by atoms with Crippen LogP contribution < -0.4 is 14.8 Å². The van der Waals surface area contributed by atoms with Gasteiger partial charge in [-0.15, -0.1) is 0 Å². The minimum Gasteiger partial charge on any atom is -0.481 e. The van der Waals surface area contributed by atoms with Crippen molar-refractivity contribution >= 4 is 50.4 Å². The number of benzene rings is 1. The van der Waals surface area contributed by atoms with Gasteiger partial charge in [0.05, 0.1) is 12.0 Å². The van der Waals surface area contributed by atoms with Gasteiger partial charge < -0.3 is 9.57 Å². The fourth-order valence-electron chi connectivity index (χ4n) is 1.86. The second-order valence-electron chi connectivity index (χ2n) is 4.68. The molecule has 0 unspecified atom stereocenters. The molecule has 0 saturated heterocycles. The molecule has 2 amide bonds. The third-order valence-corrected chi connectivity index (χ3v) is 4.76. The van der Waals surface area contributed by atoms with Gasteiger partial charge in [0, 0.05) is 11.6 Å². The maximum Gasteiger partial charge on any atom is 0.335 e. The second kappa shape index (κ2) is 8.84. The first-order valence-electron chi connectivity index (χ1n) is 7.05. The highest BCUT2D eigenvalue weighted by Gasteiger charge is 2.23. The number of carbonyl (C=O) groups is 1. The number of nitrogens with zero attached hydrogens (tertiary/aromatic N) is 3. The maximum atomic E-state index is 12.5. The number of nitrogens with one attached hydrogen (secondary N) is 2. The highest BCUT2D eigenvalue weighted by atomic mass is 35.5. The van der Waals surface area contributed by atoms with E-state index >= 15 is 0 Å². The number of hydrogen-bond donors (Lipinski definition) is 2. The van der Waals surface area contributed by atoms with Crippen LogP contribution in [0.4, 0.5) is 10.7 Å². The third kappa shape index (κ3) is 5.42. The third-order valence-electron chi connectivity index (χ3n) is 2.90. The topological polar surface area (TPSA) is 132 Å². The van der Waals surface area contributed by atoms with E-state index in [4.69, 9.17) is 27.9 Å². The summed E-state index contributed by atoms with van der Waals surface area (Å²) in [4.78, 5) is 23.9. The van der Waals surface area contributed by atoms with Crippen molar-refractivity contribution in [2.75, 3.05) is 19.5 Å². The van der Waals surface area contributed by atoms with Crippen molar-refractivity contribution in [3.8, 4) is 5.88 Å². The Balaban J connectivity index is 2.26. The number of oxime groups is 1. The first-order valence-corrected chi connectivity index (χ1v) is 9.29. The Bertz CT molecular complexity index is 984. The number of rotatable bonds is 6. The van der Waals surface area contributed by atoms with E-state index in [0.717, 1.165) is 0 Å². The van der Waals surface area contributed by atoms with Crippen molar-refractivity contribution in [1.82, 2.24) is 14.7 Å². The molecular formula is C14H13Cl2N5O5S. The summed E-state index contributed by atoms with van der Waals surface area (Å²) in [5.74, 6) is -0.166. The van der Waals surface area contributed by atoms with Crippen LogP contribution in [0.5, 0.6) is 5.88 Å². The SMILES string of the molecule is CO/N=C(/Cl)c1ccccc1S(=O)(=O)NC(=O)Nc1nc(Cl)cc(OC)n1. The number of carbonyl (C=O) groups excluding carboxylic acids is 1. The smallest absolute Gasteiger partial charge is 0.335 e. The zero-order valence-corrected chi connectivity index (χ0v) is 16.3. The molecular weight excluding hydrogens is 421 g/mol. The van der Waals surface area contributed by atoms with Gasteiger partial charge in [-0.05, 0) is 6.07 Å². The summed E-state index contributed by atoms with van der Waals surface area (Å²) in [5.41, 5.74) is 0.0435. The van der Waals surface area contributed by atoms with Gasteiger partial charge in [-0.3, -0.25) is 5.32 Å². The van der Waals surface area contributed by atoms with Crippen LogP contribution in [-0.4, -0.2) is 43.8 Å². The highest BCUT2D eigenvalue weighted by Crippen LogP contribution is 2.19. The van der Waals surface area contributed by atoms with Gasteiger partial charge in [-0.1, -0.05) is 46.6 Å². The number of halogens is 2. The Morgan fingerprint density at radius 3 is 2.59 bits per heavy atom. The molecule has 1 aromatic heterocycles. The molecule has 10 nitrogen and oxygen atoms in total. The molecule has 0 atom stereocenters. The molecule has 0 aliphatic heterocycles. The number of ether oxygens (including phenoxy) is 1. The lowest BCUT2D eigenvalue weighted by atomic mass is 10.2. The number of aromatic nitrogens is 2. The van der Waals surface area contributed by atoms with Crippen LogP contribution in [0.2, 0.25) is 5.15 Å². The van der Waals surface area contributed by atoms with Crippen molar-refractivity contribution in [1.29, 1.82) is 0 Å². The van der Waals surface area contributed by atoms with Crippen LogP contribution in [0.3, 0.4) is 0 Å². The molecule has 0 aliphatic carbocycles. The minimum atomic E-state index is -4.30. The normalized spacial score (nSPS) is 11.6. The maximum absolute atomic E-state index is 12.5. The molecule has 0 fully saturated rings. The lowest BCUT2D eigenvalue weighted by Crippen LogP contribution is -2.35. The molecule has 0 saturated carbocycles. The van der Waals surface area contributed by atoms with E-state index in [0.29, 0.717) is 0 Å². The lowest BCUT2D eigenvalue weighted by molar-refractivity contribution is 0.214. The fraction of sp³-hybridized carbons (Fsp3) is 0.143. The Morgan fingerprint density at radius 2 is 1.93 bits per heavy atom. The van der Waals surface area contributed by atoms with E-state index in [-0.39, 0.29) is 32.6 Å². The number of sulfonamides is 1. The van der Waals surface area contributed by atoms with Crippen LogP contribution in [-0.2, 0) is 14.9 Å². The van der Waals surface area contributed by atoms with E-state index in [1.807, 2.05) is 4.72 Å². The second-order valence-corrected chi connectivity index (χ2v) is 7.07. The fourth-order valence-corrected chi connectivity index (χ4v) is 3.44. The largest absolute Gasteiger partial charge is 0.481 e. The van der Waals surface area contributed by atoms with Gasteiger partial charge in [0.15, 0.2) is 5.17 Å². The molecule has 2 N–H and O–H groups in total. The summed E-state index contributed by atoms with van der Waals surface area (Å²) < 4.78 is 31.8. The first-order chi connectivity index (χ1) is 12.8. The summed E-state index contributed by atoms with van der Waals surface area (Å²) in [7, 11) is -1.71. The number of urea groups is 1. The first kappa shape index (κ1) is 20.7. The summed E-state index contributed by atoms with van der Waals surface area (Å²) in [6.45, 7) is 0. The zero-order chi connectivity index (χ0) is 20.0. The average molecular weight is 434 g/mol. The molecule has 2 aromatic rings. The Hall–Kier alpha value is -2.63. The lowest BCUT2D eigenvalue weighted by Gasteiger charge is -2.11. The molecule has 0 radical (unpaired) electrons. The van der Waals surface area contributed by atoms with Crippen LogP contribution >= 0.6 is 23.2 Å². The number of anilines is 1. The average Bonchev–Trinajstić information content (AvgIpc) is 2.60. The van der Waals surface area contributed by atoms with Crippen LogP contribution in [0.15, 0.2) is 40.4 Å². The Labute approximate surface area is 164 Å². The van der Waals surface area contributed by atoms with Gasteiger partial charge >= 0.3 is 6.03 Å². The Morgan fingerprint density at radius 1 is 1.22 bits per heavy atom. The molecule has 144 valence electrons. The van der Waals surface area contributed by atoms with Crippen molar-refractivity contribution < 1.29 is 22.8 Å². The quantitative estimate of drug-likeness (QED) is 0.405. The number of methoxy groups -OCH3 is 1. The monoisotopic (exact) mass is 433 g/mol. The molecule has 1 heterocycles. The summed E-state index contributed by atoms with van der Waals surface area (Å²) >= 11 is 11.7. The molecule has 13 heteroatoms. The van der Waals surface area contributed by atoms with Crippen LogP contribution in [0.25, 0.3) is 0 Å². The predicted molar refractivity (Wildman–Crippen MR) is 98.8 cm³/mol.